The fourth-order valence-corrected chi connectivity index (χ4v) is 4.55. The molecule has 0 saturated carbocycles. The van der Waals surface area contributed by atoms with Crippen LogP contribution in [0.5, 0.6) is 0 Å². The lowest BCUT2D eigenvalue weighted by atomic mass is 9.84. The third kappa shape index (κ3) is 2.79. The van der Waals surface area contributed by atoms with Crippen molar-refractivity contribution < 1.29 is 4.79 Å². The van der Waals surface area contributed by atoms with Crippen LogP contribution in [0, 0.1) is 6.92 Å². The zero-order valence-corrected chi connectivity index (χ0v) is 16.0. The highest BCUT2D eigenvalue weighted by atomic mass is 16.1. The van der Waals surface area contributed by atoms with E-state index in [4.69, 9.17) is 0 Å². The number of fused-ring (bicyclic) bond motifs is 2. The molecule has 2 aliphatic rings. The van der Waals surface area contributed by atoms with E-state index in [1.807, 2.05) is 4.68 Å². The van der Waals surface area contributed by atoms with Crippen molar-refractivity contribution in [1.82, 2.24) is 9.78 Å². The van der Waals surface area contributed by atoms with Gasteiger partial charge in [0.25, 0.3) is 0 Å². The molecule has 1 N–H and O–H groups in total. The zero-order chi connectivity index (χ0) is 18.3. The Morgan fingerprint density at radius 3 is 2.92 bits per heavy atom. The quantitative estimate of drug-likeness (QED) is 0.909. The number of nitrogens with zero attached hydrogens (tertiary/aromatic N) is 3. The molecule has 1 aromatic heterocycles. The fourth-order valence-electron chi connectivity index (χ4n) is 4.55. The number of hydrogen-bond acceptors (Lipinski definition) is 3. The van der Waals surface area contributed by atoms with Gasteiger partial charge in [-0.15, -0.1) is 0 Å². The second-order valence-corrected chi connectivity index (χ2v) is 7.45. The Morgan fingerprint density at radius 1 is 1.31 bits per heavy atom. The predicted molar refractivity (Wildman–Crippen MR) is 105 cm³/mol. The van der Waals surface area contributed by atoms with Crippen molar-refractivity contribution >= 4 is 17.4 Å². The van der Waals surface area contributed by atoms with Gasteiger partial charge in [-0.05, 0) is 50.3 Å². The van der Waals surface area contributed by atoms with Crippen LogP contribution in [-0.4, -0.2) is 28.8 Å². The molecule has 4 rings (SSSR count). The number of anilines is 2. The first kappa shape index (κ1) is 17.1. The molecule has 0 radical (unpaired) electrons. The Bertz CT molecular complexity index is 839. The summed E-state index contributed by atoms with van der Waals surface area (Å²) in [5.41, 5.74) is 6.40. The summed E-state index contributed by atoms with van der Waals surface area (Å²) >= 11 is 0. The summed E-state index contributed by atoms with van der Waals surface area (Å²) in [5.74, 6) is 0.912. The van der Waals surface area contributed by atoms with E-state index < -0.39 is 0 Å². The number of carbonyl (C=O) groups excluding carboxylic acids is 1. The Hall–Kier alpha value is -2.30. The molecule has 2 aliphatic heterocycles. The molecule has 5 nitrogen and oxygen atoms in total. The standard InChI is InChI=1S/C21H28N4O/c1-4-10-24-11-6-7-16-12-15(8-9-18(16)24)17-13-19(26)22-21-20(17)14(3)25(5-2)23-21/h8-9,12,17H,4-7,10-11,13H2,1-3H3,(H,22,23,26). The van der Waals surface area contributed by atoms with Crippen LogP contribution in [0.3, 0.4) is 0 Å². The summed E-state index contributed by atoms with van der Waals surface area (Å²) < 4.78 is 1.99. The van der Waals surface area contributed by atoms with Gasteiger partial charge in [-0.25, -0.2) is 0 Å². The fraction of sp³-hybridized carbons (Fsp3) is 0.524. The third-order valence-electron chi connectivity index (χ3n) is 5.76. The van der Waals surface area contributed by atoms with E-state index in [9.17, 15) is 4.79 Å². The van der Waals surface area contributed by atoms with Crippen LogP contribution in [0.4, 0.5) is 11.5 Å². The number of aromatic nitrogens is 2. The maximum Gasteiger partial charge on any atom is 0.226 e. The van der Waals surface area contributed by atoms with Crippen LogP contribution in [0.1, 0.15) is 61.4 Å². The van der Waals surface area contributed by atoms with Crippen molar-refractivity contribution in [3.63, 3.8) is 0 Å². The average Bonchev–Trinajstić information content (AvgIpc) is 2.96. The topological polar surface area (TPSA) is 50.2 Å². The Kier molecular flexibility index (Phi) is 4.47. The highest BCUT2D eigenvalue weighted by molar-refractivity contribution is 5.94. The monoisotopic (exact) mass is 352 g/mol. The van der Waals surface area contributed by atoms with E-state index in [2.05, 4.69) is 54.3 Å². The van der Waals surface area contributed by atoms with Gasteiger partial charge in [0, 0.05) is 48.9 Å². The minimum absolute atomic E-state index is 0.0635. The number of carbonyl (C=O) groups is 1. The first-order valence-corrected chi connectivity index (χ1v) is 9.87. The van der Waals surface area contributed by atoms with Crippen LogP contribution in [0.25, 0.3) is 0 Å². The summed E-state index contributed by atoms with van der Waals surface area (Å²) in [7, 11) is 0. The third-order valence-corrected chi connectivity index (χ3v) is 5.76. The predicted octanol–water partition coefficient (Wildman–Crippen LogP) is 3.85. The van der Waals surface area contributed by atoms with Crippen molar-refractivity contribution in [3.05, 3.63) is 40.6 Å². The smallest absolute Gasteiger partial charge is 0.226 e. The van der Waals surface area contributed by atoms with E-state index in [1.165, 1.54) is 35.2 Å². The Morgan fingerprint density at radius 2 is 2.15 bits per heavy atom. The van der Waals surface area contributed by atoms with E-state index in [1.54, 1.807) is 0 Å². The molecule has 138 valence electrons. The minimum atomic E-state index is 0.0635. The van der Waals surface area contributed by atoms with Gasteiger partial charge in [-0.1, -0.05) is 19.1 Å². The lowest BCUT2D eigenvalue weighted by molar-refractivity contribution is -0.116. The van der Waals surface area contributed by atoms with Crippen LogP contribution < -0.4 is 10.2 Å². The molecule has 1 amide bonds. The van der Waals surface area contributed by atoms with Crippen molar-refractivity contribution in [2.24, 2.45) is 0 Å². The highest BCUT2D eigenvalue weighted by Gasteiger charge is 2.32. The van der Waals surface area contributed by atoms with Gasteiger partial charge in [0.2, 0.25) is 5.91 Å². The number of hydrogen-bond donors (Lipinski definition) is 1. The molecule has 2 aromatic rings. The van der Waals surface area contributed by atoms with E-state index in [0.29, 0.717) is 6.42 Å². The number of aryl methyl sites for hydroxylation is 2. The largest absolute Gasteiger partial charge is 0.371 e. The molecule has 0 spiro atoms. The molecule has 0 saturated heterocycles. The first-order valence-electron chi connectivity index (χ1n) is 9.87. The second kappa shape index (κ2) is 6.78. The van der Waals surface area contributed by atoms with Crippen molar-refractivity contribution in [2.75, 3.05) is 23.3 Å². The van der Waals surface area contributed by atoms with Crippen LogP contribution in [0.15, 0.2) is 18.2 Å². The Balaban J connectivity index is 1.75. The van der Waals surface area contributed by atoms with Crippen LogP contribution in [0.2, 0.25) is 0 Å². The molecule has 26 heavy (non-hydrogen) atoms. The van der Waals surface area contributed by atoms with Gasteiger partial charge in [0.1, 0.15) is 0 Å². The number of nitrogens with one attached hydrogen (secondary N) is 1. The first-order chi connectivity index (χ1) is 12.6. The maximum atomic E-state index is 12.3. The van der Waals surface area contributed by atoms with Gasteiger partial charge in [0.05, 0.1) is 0 Å². The van der Waals surface area contributed by atoms with Crippen LogP contribution in [-0.2, 0) is 17.8 Å². The van der Waals surface area contributed by atoms with E-state index >= 15 is 0 Å². The summed E-state index contributed by atoms with van der Waals surface area (Å²) in [4.78, 5) is 14.8. The van der Waals surface area contributed by atoms with Crippen molar-refractivity contribution in [2.45, 2.75) is 58.9 Å². The van der Waals surface area contributed by atoms with Gasteiger partial charge in [-0.3, -0.25) is 9.48 Å². The van der Waals surface area contributed by atoms with E-state index in [0.717, 1.165) is 37.6 Å². The number of amides is 1. The number of benzene rings is 1. The maximum absolute atomic E-state index is 12.3. The molecule has 0 fully saturated rings. The Labute approximate surface area is 155 Å². The molecule has 1 atom stereocenters. The average molecular weight is 352 g/mol. The molecular weight excluding hydrogens is 324 g/mol. The van der Waals surface area contributed by atoms with Crippen molar-refractivity contribution in [3.8, 4) is 0 Å². The van der Waals surface area contributed by atoms with Gasteiger partial charge in [0.15, 0.2) is 5.82 Å². The normalized spacial score (nSPS) is 19.1. The van der Waals surface area contributed by atoms with Gasteiger partial charge in [-0.2, -0.15) is 5.10 Å². The van der Waals surface area contributed by atoms with Crippen LogP contribution >= 0.6 is 0 Å². The lowest BCUT2D eigenvalue weighted by Crippen LogP contribution is -2.30. The summed E-state index contributed by atoms with van der Waals surface area (Å²) in [6, 6.07) is 6.83. The summed E-state index contributed by atoms with van der Waals surface area (Å²) in [5, 5.41) is 7.56. The molecule has 3 heterocycles. The molecular formula is C21H28N4O. The summed E-state index contributed by atoms with van der Waals surface area (Å²) in [6.07, 6.45) is 4.01. The minimum Gasteiger partial charge on any atom is -0.371 e. The van der Waals surface area contributed by atoms with Crippen molar-refractivity contribution in [1.29, 1.82) is 0 Å². The van der Waals surface area contributed by atoms with E-state index in [-0.39, 0.29) is 11.8 Å². The molecule has 0 bridgehead atoms. The highest BCUT2D eigenvalue weighted by Crippen LogP contribution is 2.40. The number of rotatable bonds is 4. The van der Waals surface area contributed by atoms with Gasteiger partial charge < -0.3 is 10.2 Å². The molecule has 0 aliphatic carbocycles. The summed E-state index contributed by atoms with van der Waals surface area (Å²) in [6.45, 7) is 9.52. The second-order valence-electron chi connectivity index (χ2n) is 7.45. The lowest BCUT2D eigenvalue weighted by Gasteiger charge is -2.32. The van der Waals surface area contributed by atoms with Gasteiger partial charge >= 0.3 is 0 Å². The zero-order valence-electron chi connectivity index (χ0n) is 16.0. The molecule has 5 heteroatoms. The molecule has 1 unspecified atom stereocenters. The molecule has 1 aromatic carbocycles. The SMILES string of the molecule is CCCN1CCCc2cc(C3CC(=O)Nc4nn(CC)c(C)c43)ccc21.